The van der Waals surface area contributed by atoms with E-state index in [-0.39, 0.29) is 28.4 Å². The van der Waals surface area contributed by atoms with Crippen molar-refractivity contribution in [2.75, 3.05) is 0 Å². The average molecular weight is 309 g/mol. The van der Waals surface area contributed by atoms with E-state index in [0.717, 1.165) is 51.4 Å². The van der Waals surface area contributed by atoms with Crippen LogP contribution in [0.5, 0.6) is 0 Å². The molecule has 5 heteroatoms. The predicted molar refractivity (Wildman–Crippen MR) is 82.0 cm³/mol. The maximum Gasteiger partial charge on any atom is 0.329 e. The molecular formula is C16H21ClN2O2. The lowest BCUT2D eigenvalue weighted by Crippen LogP contribution is -2.42. The van der Waals surface area contributed by atoms with Crippen LogP contribution in [0.3, 0.4) is 0 Å². The summed E-state index contributed by atoms with van der Waals surface area (Å²) in [5.74, 6) is 1.27. The number of aromatic amines is 1. The maximum atomic E-state index is 13.0. The van der Waals surface area contributed by atoms with Gasteiger partial charge in [-0.2, -0.15) is 0 Å². The molecule has 4 nitrogen and oxygen atoms in total. The van der Waals surface area contributed by atoms with Gasteiger partial charge in [0.25, 0.3) is 5.56 Å². The Morgan fingerprint density at radius 2 is 1.57 bits per heavy atom. The number of hydrogen-bond donors (Lipinski definition) is 1. The zero-order chi connectivity index (χ0) is 14.6. The van der Waals surface area contributed by atoms with Gasteiger partial charge in [-0.05, 0) is 56.3 Å². The largest absolute Gasteiger partial charge is 0.329 e. The first-order valence-electron chi connectivity index (χ1n) is 8.21. The number of nitrogens with zero attached hydrogens (tertiary/aromatic N) is 1. The van der Waals surface area contributed by atoms with Crippen molar-refractivity contribution in [3.05, 3.63) is 31.6 Å². The van der Waals surface area contributed by atoms with Crippen molar-refractivity contribution in [3.8, 4) is 0 Å². The number of halogens is 1. The van der Waals surface area contributed by atoms with E-state index in [1.165, 1.54) is 4.57 Å². The third-order valence-electron chi connectivity index (χ3n) is 5.39. The molecular weight excluding hydrogens is 288 g/mol. The summed E-state index contributed by atoms with van der Waals surface area (Å²) in [7, 11) is 0. The summed E-state index contributed by atoms with van der Waals surface area (Å²) >= 11 is 6.21. The van der Waals surface area contributed by atoms with E-state index in [2.05, 4.69) is 4.98 Å². The highest BCUT2D eigenvalue weighted by Gasteiger charge is 2.44. The number of rotatable bonds is 4. The molecule has 21 heavy (non-hydrogen) atoms. The first-order chi connectivity index (χ1) is 10.2. The van der Waals surface area contributed by atoms with Crippen LogP contribution < -0.4 is 11.2 Å². The molecule has 0 aliphatic heterocycles. The van der Waals surface area contributed by atoms with Crippen molar-refractivity contribution in [3.63, 3.8) is 0 Å². The lowest BCUT2D eigenvalue weighted by Gasteiger charge is -2.20. The molecule has 3 aliphatic carbocycles. The van der Waals surface area contributed by atoms with E-state index in [1.807, 2.05) is 0 Å². The third kappa shape index (κ3) is 2.37. The topological polar surface area (TPSA) is 54.9 Å². The van der Waals surface area contributed by atoms with Crippen LogP contribution in [0.25, 0.3) is 0 Å². The lowest BCUT2D eigenvalue weighted by atomic mass is 9.99. The molecule has 3 aliphatic rings. The van der Waals surface area contributed by atoms with Gasteiger partial charge in [-0.1, -0.05) is 24.4 Å². The summed E-state index contributed by atoms with van der Waals surface area (Å²) in [6, 6.07) is 0.110. The number of hydrogen-bond acceptors (Lipinski definition) is 2. The highest BCUT2D eigenvalue weighted by Crippen LogP contribution is 2.51. The van der Waals surface area contributed by atoms with Crippen LogP contribution in [0.15, 0.2) is 9.59 Å². The van der Waals surface area contributed by atoms with Gasteiger partial charge in [-0.25, -0.2) is 4.79 Å². The second kappa shape index (κ2) is 5.01. The van der Waals surface area contributed by atoms with E-state index in [1.54, 1.807) is 0 Å². The monoisotopic (exact) mass is 308 g/mol. The Kier molecular flexibility index (Phi) is 3.25. The molecule has 0 amide bonds. The van der Waals surface area contributed by atoms with Gasteiger partial charge in [0.1, 0.15) is 5.15 Å². The Balaban J connectivity index is 1.84. The van der Waals surface area contributed by atoms with E-state index in [4.69, 9.17) is 11.6 Å². The highest BCUT2D eigenvalue weighted by molar-refractivity contribution is 6.30. The lowest BCUT2D eigenvalue weighted by molar-refractivity contribution is 0.366. The van der Waals surface area contributed by atoms with Crippen LogP contribution in [-0.2, 0) is 0 Å². The molecule has 0 saturated heterocycles. The molecule has 1 aromatic heterocycles. The van der Waals surface area contributed by atoms with Crippen LogP contribution >= 0.6 is 11.6 Å². The number of H-pyrrole nitrogens is 1. The Hall–Kier alpha value is -1.03. The summed E-state index contributed by atoms with van der Waals surface area (Å²) in [5, 5.41) is 0.276. The van der Waals surface area contributed by atoms with Gasteiger partial charge in [-0.3, -0.25) is 14.3 Å². The van der Waals surface area contributed by atoms with E-state index in [0.29, 0.717) is 17.4 Å². The minimum absolute atomic E-state index is 0.110. The average Bonchev–Trinajstić information content (AvgIpc) is 3.36. The summed E-state index contributed by atoms with van der Waals surface area (Å²) in [4.78, 5) is 28.1. The van der Waals surface area contributed by atoms with Gasteiger partial charge < -0.3 is 0 Å². The molecule has 0 spiro atoms. The Morgan fingerprint density at radius 1 is 1.00 bits per heavy atom. The summed E-state index contributed by atoms with van der Waals surface area (Å²) < 4.78 is 1.52. The Bertz CT molecular complexity index is 652. The molecule has 3 saturated carbocycles. The molecule has 1 heterocycles. The van der Waals surface area contributed by atoms with Crippen molar-refractivity contribution in [2.24, 2.45) is 11.8 Å². The molecule has 4 rings (SSSR count). The molecule has 0 bridgehead atoms. The maximum absolute atomic E-state index is 13.0. The zero-order valence-corrected chi connectivity index (χ0v) is 12.9. The summed E-state index contributed by atoms with van der Waals surface area (Å²) in [5.41, 5.74) is 0.245. The predicted octanol–water partition coefficient (Wildman–Crippen LogP) is 3.21. The summed E-state index contributed by atoms with van der Waals surface area (Å²) in [6.45, 7) is 0. The highest BCUT2D eigenvalue weighted by atomic mass is 35.5. The number of nitrogens with one attached hydrogen (secondary N) is 1. The molecule has 0 atom stereocenters. The fraction of sp³-hybridized carbons (Fsp3) is 0.750. The van der Waals surface area contributed by atoms with Crippen LogP contribution in [-0.4, -0.2) is 9.55 Å². The fourth-order valence-corrected chi connectivity index (χ4v) is 4.37. The zero-order valence-electron chi connectivity index (χ0n) is 12.1. The van der Waals surface area contributed by atoms with Crippen LogP contribution in [0, 0.1) is 11.8 Å². The van der Waals surface area contributed by atoms with Crippen LogP contribution in [0.1, 0.15) is 68.9 Å². The SMILES string of the molecule is O=c1[nH]c(Cl)c(C2CCCC2)c(=O)n1C(C1CC1)C1CC1. The number of aromatic nitrogens is 2. The Labute approximate surface area is 128 Å². The minimum Gasteiger partial charge on any atom is -0.297 e. The Morgan fingerprint density at radius 3 is 2.10 bits per heavy atom. The second-order valence-electron chi connectivity index (χ2n) is 6.98. The van der Waals surface area contributed by atoms with E-state index in [9.17, 15) is 9.59 Å². The van der Waals surface area contributed by atoms with Gasteiger partial charge in [0, 0.05) is 6.04 Å². The van der Waals surface area contributed by atoms with Gasteiger partial charge in [0.05, 0.1) is 5.56 Å². The van der Waals surface area contributed by atoms with Crippen LogP contribution in [0.4, 0.5) is 0 Å². The van der Waals surface area contributed by atoms with Crippen LogP contribution in [0.2, 0.25) is 5.15 Å². The molecule has 3 fully saturated rings. The first-order valence-corrected chi connectivity index (χ1v) is 8.59. The molecule has 0 radical (unpaired) electrons. The van der Waals surface area contributed by atoms with Gasteiger partial charge in [0.2, 0.25) is 0 Å². The van der Waals surface area contributed by atoms with Gasteiger partial charge in [0.15, 0.2) is 0 Å². The second-order valence-corrected chi connectivity index (χ2v) is 7.36. The van der Waals surface area contributed by atoms with Gasteiger partial charge >= 0.3 is 5.69 Å². The third-order valence-corrected chi connectivity index (χ3v) is 5.69. The fourth-order valence-electron chi connectivity index (χ4n) is 4.06. The standard InChI is InChI=1S/C16H21ClN2O2/c17-14-12(9-3-1-2-4-9)15(20)19(16(21)18-14)13(10-5-6-10)11-7-8-11/h9-11,13H,1-8H2,(H,18,21). The molecule has 1 aromatic rings. The van der Waals surface area contributed by atoms with Gasteiger partial charge in [-0.15, -0.1) is 0 Å². The smallest absolute Gasteiger partial charge is 0.297 e. The van der Waals surface area contributed by atoms with E-state index >= 15 is 0 Å². The van der Waals surface area contributed by atoms with Crippen molar-refractivity contribution in [1.29, 1.82) is 0 Å². The van der Waals surface area contributed by atoms with Crippen molar-refractivity contribution < 1.29 is 0 Å². The quantitative estimate of drug-likeness (QED) is 0.868. The van der Waals surface area contributed by atoms with Crippen molar-refractivity contribution >= 4 is 11.6 Å². The minimum atomic E-state index is -0.310. The molecule has 1 N–H and O–H groups in total. The van der Waals surface area contributed by atoms with Crippen molar-refractivity contribution in [2.45, 2.75) is 63.3 Å². The first kappa shape index (κ1) is 13.6. The van der Waals surface area contributed by atoms with Crippen molar-refractivity contribution in [1.82, 2.24) is 9.55 Å². The normalized spacial score (nSPS) is 23.1. The molecule has 0 unspecified atom stereocenters. The molecule has 114 valence electrons. The van der Waals surface area contributed by atoms with E-state index < -0.39 is 0 Å². The summed E-state index contributed by atoms with van der Waals surface area (Å²) in [6.07, 6.45) is 8.91. The molecule has 0 aromatic carbocycles.